The molecule has 0 fully saturated rings. The fraction of sp³-hybridized carbons (Fsp3) is 0.211. The summed E-state index contributed by atoms with van der Waals surface area (Å²) in [6.07, 6.45) is 3.42. The Labute approximate surface area is 145 Å². The Morgan fingerprint density at radius 2 is 2.04 bits per heavy atom. The largest absolute Gasteiger partial charge is 0.506 e. The minimum absolute atomic E-state index is 0.111. The number of hydrogen-bond acceptors (Lipinski definition) is 2. The Bertz CT molecular complexity index is 915. The molecule has 0 saturated heterocycles. The number of benzene rings is 1. The molecule has 0 bridgehead atoms. The lowest BCUT2D eigenvalue weighted by molar-refractivity contribution is -0.117. The predicted octanol–water partition coefficient (Wildman–Crippen LogP) is 3.48. The van der Waals surface area contributed by atoms with Gasteiger partial charge in [0.25, 0.3) is 0 Å². The summed E-state index contributed by atoms with van der Waals surface area (Å²) in [7, 11) is 0. The average Bonchev–Trinajstić information content (AvgIpc) is 2.81. The van der Waals surface area contributed by atoms with Gasteiger partial charge < -0.3 is 15.2 Å². The summed E-state index contributed by atoms with van der Waals surface area (Å²) in [4.78, 5) is 11.5. The van der Waals surface area contributed by atoms with Crippen LogP contribution in [0.1, 0.15) is 29.3 Å². The lowest BCUT2D eigenvalue weighted by Crippen LogP contribution is -2.14. The van der Waals surface area contributed by atoms with Gasteiger partial charge in [0.15, 0.2) is 0 Å². The van der Waals surface area contributed by atoms with Crippen LogP contribution in [0.15, 0.2) is 42.6 Å². The number of primary amides is 1. The van der Waals surface area contributed by atoms with Crippen molar-refractivity contribution >= 4 is 23.0 Å². The maximum atomic E-state index is 11.5. The van der Waals surface area contributed by atoms with Gasteiger partial charge in [0.1, 0.15) is 5.75 Å². The second-order valence-corrected chi connectivity index (χ2v) is 6.26. The number of fused-ring (bicyclic) bond motifs is 1. The van der Waals surface area contributed by atoms with E-state index in [1.54, 1.807) is 12.1 Å². The number of aromatic nitrogens is 1. The molecule has 0 atom stereocenters. The summed E-state index contributed by atoms with van der Waals surface area (Å²) < 4.78 is 1.95. The predicted molar refractivity (Wildman–Crippen MR) is 95.6 cm³/mol. The van der Waals surface area contributed by atoms with Gasteiger partial charge in [0.2, 0.25) is 5.91 Å². The number of amides is 1. The third-order valence-corrected chi connectivity index (χ3v) is 4.46. The first kappa shape index (κ1) is 16.4. The van der Waals surface area contributed by atoms with Gasteiger partial charge in [0.05, 0.1) is 11.9 Å². The molecular formula is C19H19ClN2O2. The molecule has 0 radical (unpaired) electrons. The monoisotopic (exact) mass is 342 g/mol. The van der Waals surface area contributed by atoms with E-state index < -0.39 is 5.91 Å². The van der Waals surface area contributed by atoms with Crippen LogP contribution >= 0.6 is 11.6 Å². The van der Waals surface area contributed by atoms with E-state index in [0.29, 0.717) is 17.0 Å². The van der Waals surface area contributed by atoms with Crippen molar-refractivity contribution in [1.29, 1.82) is 0 Å². The normalized spacial score (nSPS) is 11.1. The third kappa shape index (κ3) is 2.97. The zero-order valence-electron chi connectivity index (χ0n) is 13.4. The number of carbonyl (C=O) groups is 1. The zero-order chi connectivity index (χ0) is 17.3. The minimum Gasteiger partial charge on any atom is -0.506 e. The van der Waals surface area contributed by atoms with Crippen LogP contribution in [-0.2, 0) is 24.1 Å². The van der Waals surface area contributed by atoms with Crippen molar-refractivity contribution in [1.82, 2.24) is 4.40 Å². The molecule has 1 aromatic carbocycles. The smallest absolute Gasteiger partial charge is 0.221 e. The number of nitrogens with two attached hydrogens (primary N) is 1. The molecule has 1 amide bonds. The molecule has 2 heterocycles. The Morgan fingerprint density at radius 1 is 1.25 bits per heavy atom. The van der Waals surface area contributed by atoms with Gasteiger partial charge in [0, 0.05) is 23.3 Å². The van der Waals surface area contributed by atoms with Crippen molar-refractivity contribution in [2.75, 3.05) is 0 Å². The van der Waals surface area contributed by atoms with Crippen molar-refractivity contribution in [2.45, 2.75) is 26.2 Å². The first-order chi connectivity index (χ1) is 11.5. The Hall–Kier alpha value is -2.46. The average molecular weight is 343 g/mol. The summed E-state index contributed by atoms with van der Waals surface area (Å²) >= 11 is 6.09. The van der Waals surface area contributed by atoms with Crippen molar-refractivity contribution in [2.24, 2.45) is 5.73 Å². The quantitative estimate of drug-likeness (QED) is 0.745. The van der Waals surface area contributed by atoms with E-state index >= 15 is 0 Å². The molecular weight excluding hydrogens is 324 g/mol. The van der Waals surface area contributed by atoms with Gasteiger partial charge in [-0.25, -0.2) is 0 Å². The fourth-order valence-corrected chi connectivity index (χ4v) is 3.51. The molecule has 2 aromatic heterocycles. The van der Waals surface area contributed by atoms with Gasteiger partial charge in [-0.1, -0.05) is 30.7 Å². The van der Waals surface area contributed by atoms with Crippen LogP contribution in [0.25, 0.3) is 5.52 Å². The van der Waals surface area contributed by atoms with E-state index in [1.807, 2.05) is 41.8 Å². The van der Waals surface area contributed by atoms with Crippen LogP contribution in [0.5, 0.6) is 5.75 Å². The Morgan fingerprint density at radius 3 is 2.71 bits per heavy atom. The maximum absolute atomic E-state index is 11.5. The number of carbonyl (C=O) groups excluding carboxylic acids is 1. The van der Waals surface area contributed by atoms with Crippen LogP contribution in [0.2, 0.25) is 5.02 Å². The number of nitrogens with zero attached hydrogens (tertiary/aromatic N) is 1. The lowest BCUT2D eigenvalue weighted by Gasteiger charge is -2.07. The molecule has 24 heavy (non-hydrogen) atoms. The van der Waals surface area contributed by atoms with Crippen molar-refractivity contribution in [3.8, 4) is 5.75 Å². The number of halogens is 1. The van der Waals surface area contributed by atoms with E-state index in [2.05, 4.69) is 0 Å². The summed E-state index contributed by atoms with van der Waals surface area (Å²) in [6.45, 7) is 2.04. The fourth-order valence-electron chi connectivity index (χ4n) is 3.30. The molecule has 4 nitrogen and oxygen atoms in total. The van der Waals surface area contributed by atoms with Gasteiger partial charge >= 0.3 is 0 Å². The Balaban J connectivity index is 2.22. The van der Waals surface area contributed by atoms with E-state index in [4.69, 9.17) is 17.3 Å². The minimum atomic E-state index is -0.408. The maximum Gasteiger partial charge on any atom is 0.221 e. The van der Waals surface area contributed by atoms with E-state index in [0.717, 1.165) is 28.8 Å². The second kappa shape index (κ2) is 6.57. The first-order valence-corrected chi connectivity index (χ1v) is 8.24. The number of rotatable bonds is 5. The van der Waals surface area contributed by atoms with Crippen LogP contribution in [-0.4, -0.2) is 15.4 Å². The number of aromatic hydroxyl groups is 1. The van der Waals surface area contributed by atoms with E-state index in [1.165, 1.54) is 0 Å². The Kier molecular flexibility index (Phi) is 4.49. The molecule has 3 rings (SSSR count). The van der Waals surface area contributed by atoms with Crippen molar-refractivity contribution in [3.63, 3.8) is 0 Å². The molecule has 0 aliphatic carbocycles. The first-order valence-electron chi connectivity index (χ1n) is 7.86. The topological polar surface area (TPSA) is 67.7 Å². The summed E-state index contributed by atoms with van der Waals surface area (Å²) in [6, 6.07) is 11.1. The molecule has 0 unspecified atom stereocenters. The molecule has 0 saturated carbocycles. The standard InChI is InChI=1S/C19H19ClN2O2/c1-2-14-15(11-18(21)24)19-17(23)7-4-8-22(19)16(14)10-12-5-3-6-13(20)9-12/h3-9,23H,2,10-11H2,1H3,(H2,21,24). The van der Waals surface area contributed by atoms with Crippen LogP contribution < -0.4 is 5.73 Å². The van der Waals surface area contributed by atoms with Crippen LogP contribution in [0, 0.1) is 0 Å². The molecule has 3 aromatic rings. The van der Waals surface area contributed by atoms with E-state index in [9.17, 15) is 9.90 Å². The molecule has 0 aliphatic rings. The molecule has 5 heteroatoms. The van der Waals surface area contributed by atoms with Crippen LogP contribution in [0.3, 0.4) is 0 Å². The lowest BCUT2D eigenvalue weighted by atomic mass is 10.00. The molecule has 3 N–H and O–H groups in total. The van der Waals surface area contributed by atoms with Crippen LogP contribution in [0.4, 0.5) is 0 Å². The summed E-state index contributed by atoms with van der Waals surface area (Å²) in [5.41, 5.74) is 10.1. The molecule has 0 spiro atoms. The van der Waals surface area contributed by atoms with E-state index in [-0.39, 0.29) is 12.2 Å². The van der Waals surface area contributed by atoms with Gasteiger partial charge in [-0.05, 0) is 47.4 Å². The summed E-state index contributed by atoms with van der Waals surface area (Å²) in [5.74, 6) is -0.254. The highest BCUT2D eigenvalue weighted by Crippen LogP contribution is 2.32. The summed E-state index contributed by atoms with van der Waals surface area (Å²) in [5, 5.41) is 11.0. The second-order valence-electron chi connectivity index (χ2n) is 5.82. The third-order valence-electron chi connectivity index (χ3n) is 4.23. The highest BCUT2D eigenvalue weighted by Gasteiger charge is 2.20. The number of hydrogen-bond donors (Lipinski definition) is 2. The highest BCUT2D eigenvalue weighted by molar-refractivity contribution is 6.30. The van der Waals surface area contributed by atoms with Crippen molar-refractivity contribution < 1.29 is 9.90 Å². The number of pyridine rings is 1. The highest BCUT2D eigenvalue weighted by atomic mass is 35.5. The molecule has 124 valence electrons. The molecule has 0 aliphatic heterocycles. The van der Waals surface area contributed by atoms with Crippen molar-refractivity contribution in [3.05, 3.63) is 70.0 Å². The SMILES string of the molecule is CCc1c(CC(N)=O)c2c(O)cccn2c1Cc1cccc(Cl)c1. The van der Waals surface area contributed by atoms with Gasteiger partial charge in [-0.3, -0.25) is 4.79 Å². The zero-order valence-corrected chi connectivity index (χ0v) is 14.2. The van der Waals surface area contributed by atoms with Gasteiger partial charge in [-0.15, -0.1) is 0 Å². The van der Waals surface area contributed by atoms with Gasteiger partial charge in [-0.2, -0.15) is 0 Å².